The van der Waals surface area contributed by atoms with Gasteiger partial charge in [-0.2, -0.15) is 26.3 Å². The lowest BCUT2D eigenvalue weighted by molar-refractivity contribution is -0.143. The van der Waals surface area contributed by atoms with E-state index >= 15 is 0 Å². The molecule has 1 atom stereocenters. The van der Waals surface area contributed by atoms with Crippen molar-refractivity contribution in [3.8, 4) is 12.3 Å². The Morgan fingerprint density at radius 2 is 1.91 bits per heavy atom. The highest BCUT2D eigenvalue weighted by Crippen LogP contribution is 2.41. The quantitative estimate of drug-likeness (QED) is 0.425. The minimum Gasteiger partial charge on any atom is -0.300 e. The summed E-state index contributed by atoms with van der Waals surface area (Å²) in [6.45, 7) is 2.60. The molecule has 2 saturated heterocycles. The second kappa shape index (κ2) is 9.81. The van der Waals surface area contributed by atoms with E-state index < -0.39 is 29.5 Å². The summed E-state index contributed by atoms with van der Waals surface area (Å²) in [5, 5.41) is 2.37. The van der Waals surface area contributed by atoms with Crippen LogP contribution in [0.3, 0.4) is 0 Å². The number of nitrogens with one attached hydrogen (secondary N) is 1. The number of nitrogens with zero attached hydrogens (tertiary/aromatic N) is 2. The van der Waals surface area contributed by atoms with E-state index in [1.54, 1.807) is 6.92 Å². The maximum atomic E-state index is 13.5. The van der Waals surface area contributed by atoms with Crippen molar-refractivity contribution in [2.24, 2.45) is 10.9 Å². The number of piperidine rings is 1. The molecule has 1 amide bonds. The fourth-order valence-electron chi connectivity index (χ4n) is 3.91. The molecule has 2 aliphatic rings. The Morgan fingerprint density at radius 3 is 2.48 bits per heavy atom. The fraction of sp³-hybridized carbons (Fsp3) is 0.455. The van der Waals surface area contributed by atoms with Crippen LogP contribution in [0, 0.1) is 18.3 Å². The summed E-state index contributed by atoms with van der Waals surface area (Å²) in [5.74, 6) is 2.86. The molecule has 1 aromatic rings. The molecule has 0 aliphatic carbocycles. The summed E-state index contributed by atoms with van der Waals surface area (Å²) < 4.78 is 79.4. The van der Waals surface area contributed by atoms with E-state index in [0.29, 0.717) is 42.7 Å². The minimum atomic E-state index is -4.90. The van der Waals surface area contributed by atoms with Crippen molar-refractivity contribution in [3.63, 3.8) is 0 Å². The number of alkyl halides is 6. The van der Waals surface area contributed by atoms with Gasteiger partial charge in [0.1, 0.15) is 12.4 Å². The number of thioether (sulfide) groups is 1. The Kier molecular flexibility index (Phi) is 7.49. The molecule has 2 aliphatic heterocycles. The van der Waals surface area contributed by atoms with Gasteiger partial charge in [0.05, 0.1) is 16.0 Å². The summed E-state index contributed by atoms with van der Waals surface area (Å²) >= 11 is 1.01. The van der Waals surface area contributed by atoms with Crippen LogP contribution in [-0.2, 0) is 12.4 Å². The van der Waals surface area contributed by atoms with Crippen molar-refractivity contribution in [2.75, 3.05) is 19.6 Å². The molecule has 33 heavy (non-hydrogen) atoms. The van der Waals surface area contributed by atoms with Crippen LogP contribution in [0.1, 0.15) is 42.5 Å². The van der Waals surface area contributed by atoms with Crippen LogP contribution in [0.5, 0.6) is 0 Å². The molecule has 4 nitrogen and oxygen atoms in total. The standard InChI is InChI=1S/C22H21F6N3OS/c1-3-8-29-19-18(33-20(32)30-19)11-14-6-9-31(10-7-14)13(2)16-5-4-15(21(23,24)25)12-17(16)22(26,27)28/h1,4-5,11-14H,6-10H2,2H3,(H,29,30,32). The summed E-state index contributed by atoms with van der Waals surface area (Å²) in [6.07, 6.45) is -1.40. The second-order valence-corrected chi connectivity index (χ2v) is 8.78. The topological polar surface area (TPSA) is 44.7 Å². The van der Waals surface area contributed by atoms with Gasteiger partial charge in [0.2, 0.25) is 0 Å². The Hall–Kier alpha value is -2.45. The Morgan fingerprint density at radius 1 is 1.24 bits per heavy atom. The first-order chi connectivity index (χ1) is 15.4. The molecule has 0 bridgehead atoms. The van der Waals surface area contributed by atoms with E-state index in [2.05, 4.69) is 16.2 Å². The number of amides is 1. The predicted molar refractivity (Wildman–Crippen MR) is 114 cm³/mol. The van der Waals surface area contributed by atoms with Gasteiger partial charge in [-0.3, -0.25) is 14.7 Å². The number of allylic oxidation sites excluding steroid dienone is 1. The van der Waals surface area contributed by atoms with Gasteiger partial charge in [0.25, 0.3) is 5.24 Å². The van der Waals surface area contributed by atoms with Gasteiger partial charge in [-0.25, -0.2) is 0 Å². The van der Waals surface area contributed by atoms with E-state index in [0.717, 1.165) is 17.8 Å². The largest absolute Gasteiger partial charge is 0.416 e. The number of likely N-dealkylation sites (tertiary alicyclic amines) is 1. The number of amidine groups is 1. The Bertz CT molecular complexity index is 1000. The highest BCUT2D eigenvalue weighted by atomic mass is 32.2. The van der Waals surface area contributed by atoms with Crippen molar-refractivity contribution in [1.29, 1.82) is 0 Å². The normalized spacial score (nSPS) is 21.9. The zero-order chi connectivity index (χ0) is 24.4. The van der Waals surface area contributed by atoms with Crippen LogP contribution >= 0.6 is 11.8 Å². The van der Waals surface area contributed by atoms with E-state index in [1.165, 1.54) is 0 Å². The van der Waals surface area contributed by atoms with Gasteiger partial charge in [-0.15, -0.1) is 6.42 Å². The third-order valence-electron chi connectivity index (χ3n) is 5.63. The van der Waals surface area contributed by atoms with E-state index in [1.807, 2.05) is 11.0 Å². The Balaban J connectivity index is 1.74. The first-order valence-electron chi connectivity index (χ1n) is 10.1. The molecule has 0 spiro atoms. The summed E-state index contributed by atoms with van der Waals surface area (Å²) in [6, 6.07) is 1.08. The van der Waals surface area contributed by atoms with Crippen molar-refractivity contribution in [2.45, 2.75) is 38.2 Å². The molecular weight excluding hydrogens is 468 g/mol. The van der Waals surface area contributed by atoms with Gasteiger partial charge >= 0.3 is 12.4 Å². The van der Waals surface area contributed by atoms with Gasteiger partial charge < -0.3 is 5.32 Å². The number of benzene rings is 1. The molecule has 2 fully saturated rings. The van der Waals surface area contributed by atoms with Crippen molar-refractivity contribution in [3.05, 3.63) is 45.9 Å². The zero-order valence-corrected chi connectivity index (χ0v) is 18.4. The molecule has 11 heteroatoms. The lowest BCUT2D eigenvalue weighted by atomic mass is 9.92. The van der Waals surface area contributed by atoms with Crippen molar-refractivity contribution < 1.29 is 31.1 Å². The molecule has 2 heterocycles. The summed E-state index contributed by atoms with van der Waals surface area (Å²) in [7, 11) is 0. The molecule has 0 saturated carbocycles. The molecule has 1 N–H and O–H groups in total. The number of terminal acetylenes is 1. The molecular formula is C22H21F6N3OS. The van der Waals surface area contributed by atoms with Gasteiger partial charge in [0.15, 0.2) is 0 Å². The molecule has 1 aromatic carbocycles. The molecule has 178 valence electrons. The summed E-state index contributed by atoms with van der Waals surface area (Å²) in [5.41, 5.74) is -2.77. The molecule has 0 radical (unpaired) electrons. The third-order valence-corrected chi connectivity index (χ3v) is 6.47. The average Bonchev–Trinajstić information content (AvgIpc) is 3.09. The van der Waals surface area contributed by atoms with Crippen LogP contribution in [0.4, 0.5) is 31.1 Å². The average molecular weight is 489 g/mol. The van der Waals surface area contributed by atoms with E-state index in [-0.39, 0.29) is 29.3 Å². The fourth-order valence-corrected chi connectivity index (χ4v) is 4.73. The van der Waals surface area contributed by atoms with E-state index in [9.17, 15) is 31.1 Å². The third kappa shape index (κ3) is 6.12. The van der Waals surface area contributed by atoms with Crippen molar-refractivity contribution >= 4 is 22.8 Å². The number of carbonyl (C=O) groups excluding carboxylic acids is 1. The maximum Gasteiger partial charge on any atom is 0.416 e. The SMILES string of the molecule is C#CCN=C1NC(=O)SC1=CC1CCN(C(C)c2ccc(C(F)(F)F)cc2C(F)(F)F)CC1. The van der Waals surface area contributed by atoms with Crippen LogP contribution in [-0.4, -0.2) is 35.6 Å². The lowest BCUT2D eigenvalue weighted by Crippen LogP contribution is -2.36. The Labute approximate surface area is 191 Å². The van der Waals surface area contributed by atoms with Crippen LogP contribution in [0.15, 0.2) is 34.2 Å². The minimum absolute atomic E-state index is 0.0781. The number of carbonyl (C=O) groups is 1. The van der Waals surface area contributed by atoms with Crippen LogP contribution in [0.2, 0.25) is 0 Å². The first kappa shape index (κ1) is 25.2. The number of hydrogen-bond acceptors (Lipinski definition) is 4. The number of halogens is 6. The smallest absolute Gasteiger partial charge is 0.300 e. The second-order valence-electron chi connectivity index (χ2n) is 7.76. The van der Waals surface area contributed by atoms with Gasteiger partial charge in [0, 0.05) is 6.04 Å². The lowest BCUT2D eigenvalue weighted by Gasteiger charge is -2.36. The first-order valence-corrected chi connectivity index (χ1v) is 10.9. The van der Waals surface area contributed by atoms with Crippen LogP contribution in [0.25, 0.3) is 0 Å². The van der Waals surface area contributed by atoms with Gasteiger partial charge in [-0.05, 0) is 68.2 Å². The van der Waals surface area contributed by atoms with Crippen LogP contribution < -0.4 is 5.32 Å². The molecule has 1 unspecified atom stereocenters. The number of rotatable bonds is 4. The zero-order valence-electron chi connectivity index (χ0n) is 17.6. The van der Waals surface area contributed by atoms with Crippen molar-refractivity contribution in [1.82, 2.24) is 10.2 Å². The predicted octanol–water partition coefficient (Wildman–Crippen LogP) is 5.87. The molecule has 0 aromatic heterocycles. The highest BCUT2D eigenvalue weighted by molar-refractivity contribution is 8.18. The van der Waals surface area contributed by atoms with E-state index in [4.69, 9.17) is 6.42 Å². The summed E-state index contributed by atoms with van der Waals surface area (Å²) in [4.78, 5) is 18.3. The number of hydrogen-bond donors (Lipinski definition) is 1. The highest BCUT2D eigenvalue weighted by Gasteiger charge is 2.40. The van der Waals surface area contributed by atoms with Gasteiger partial charge in [-0.1, -0.05) is 18.1 Å². The number of aliphatic imine (C=N–C) groups is 1. The monoisotopic (exact) mass is 489 g/mol. The molecule has 3 rings (SSSR count). The maximum absolute atomic E-state index is 13.5.